The molecule has 0 aromatic carbocycles. The standard InChI is InChI=1S/C14H16Cl2N4S/c1-3-10-13-14(19(2)18-10)20(12(8-15)17-13)7-6-9-4-5-11(16)21-9/h4-5H,3,6-8H2,1-2H3. The third kappa shape index (κ3) is 2.70. The Morgan fingerprint density at radius 3 is 2.76 bits per heavy atom. The van der Waals surface area contributed by atoms with E-state index in [1.165, 1.54) is 4.88 Å². The van der Waals surface area contributed by atoms with Crippen molar-refractivity contribution in [3.63, 3.8) is 0 Å². The number of alkyl halides is 1. The molecule has 21 heavy (non-hydrogen) atoms. The molecule has 3 heterocycles. The zero-order chi connectivity index (χ0) is 15.0. The second-order valence-electron chi connectivity index (χ2n) is 4.87. The second-order valence-corrected chi connectivity index (χ2v) is 6.93. The molecule has 0 bridgehead atoms. The molecule has 7 heteroatoms. The highest BCUT2D eigenvalue weighted by molar-refractivity contribution is 7.16. The number of nitrogens with zero attached hydrogens (tertiary/aromatic N) is 4. The molecule has 0 radical (unpaired) electrons. The highest BCUT2D eigenvalue weighted by atomic mass is 35.5. The molecule has 0 saturated heterocycles. The third-order valence-electron chi connectivity index (χ3n) is 3.54. The van der Waals surface area contributed by atoms with Crippen LogP contribution in [0, 0.1) is 0 Å². The normalized spacial score (nSPS) is 11.6. The van der Waals surface area contributed by atoms with E-state index in [4.69, 9.17) is 23.2 Å². The smallest absolute Gasteiger partial charge is 0.158 e. The van der Waals surface area contributed by atoms with E-state index in [9.17, 15) is 0 Å². The first-order valence-corrected chi connectivity index (χ1v) is 8.58. The van der Waals surface area contributed by atoms with Crippen molar-refractivity contribution in [1.82, 2.24) is 19.3 Å². The quantitative estimate of drug-likeness (QED) is 0.656. The van der Waals surface area contributed by atoms with E-state index in [0.717, 1.165) is 46.4 Å². The summed E-state index contributed by atoms with van der Waals surface area (Å²) in [6.07, 6.45) is 1.79. The first kappa shape index (κ1) is 14.9. The van der Waals surface area contributed by atoms with Crippen molar-refractivity contribution in [2.45, 2.75) is 32.2 Å². The van der Waals surface area contributed by atoms with Crippen LogP contribution in [-0.2, 0) is 32.3 Å². The van der Waals surface area contributed by atoms with E-state index < -0.39 is 0 Å². The molecule has 0 atom stereocenters. The van der Waals surface area contributed by atoms with Crippen molar-refractivity contribution in [2.75, 3.05) is 0 Å². The number of imidazole rings is 1. The Hall–Kier alpha value is -1.04. The average molecular weight is 343 g/mol. The maximum Gasteiger partial charge on any atom is 0.158 e. The molecule has 0 aliphatic carbocycles. The molecule has 0 aliphatic rings. The lowest BCUT2D eigenvalue weighted by atomic mass is 10.3. The van der Waals surface area contributed by atoms with Gasteiger partial charge in [0, 0.05) is 18.5 Å². The van der Waals surface area contributed by atoms with Crippen LogP contribution in [0.5, 0.6) is 0 Å². The summed E-state index contributed by atoms with van der Waals surface area (Å²) in [5.74, 6) is 1.31. The molecule has 0 N–H and O–H groups in total. The average Bonchev–Trinajstić information content (AvgIpc) is 3.12. The fourth-order valence-corrected chi connectivity index (χ4v) is 3.85. The summed E-state index contributed by atoms with van der Waals surface area (Å²) in [5.41, 5.74) is 3.04. The third-order valence-corrected chi connectivity index (χ3v) is 5.07. The van der Waals surface area contributed by atoms with Gasteiger partial charge in [-0.3, -0.25) is 4.68 Å². The van der Waals surface area contributed by atoms with Gasteiger partial charge < -0.3 is 4.57 Å². The summed E-state index contributed by atoms with van der Waals surface area (Å²) in [6.45, 7) is 2.92. The minimum absolute atomic E-state index is 0.406. The lowest BCUT2D eigenvalue weighted by Gasteiger charge is -2.07. The molecule has 3 rings (SSSR count). The zero-order valence-corrected chi connectivity index (χ0v) is 14.3. The molecular formula is C14H16Cl2N4S. The molecule has 0 fully saturated rings. The van der Waals surface area contributed by atoms with Crippen molar-refractivity contribution in [3.05, 3.63) is 32.9 Å². The summed E-state index contributed by atoms with van der Waals surface area (Å²) in [5, 5.41) is 4.54. The van der Waals surface area contributed by atoms with Gasteiger partial charge in [-0.1, -0.05) is 18.5 Å². The Morgan fingerprint density at radius 1 is 1.33 bits per heavy atom. The predicted octanol–water partition coefficient (Wildman–Crippen LogP) is 4.03. The van der Waals surface area contributed by atoms with Crippen LogP contribution in [0.3, 0.4) is 0 Å². The van der Waals surface area contributed by atoms with Gasteiger partial charge in [-0.15, -0.1) is 22.9 Å². The summed E-state index contributed by atoms with van der Waals surface area (Å²) in [6, 6.07) is 4.01. The van der Waals surface area contributed by atoms with Crippen LogP contribution in [-0.4, -0.2) is 19.3 Å². The number of thiophene rings is 1. The molecule has 112 valence electrons. The van der Waals surface area contributed by atoms with Crippen LogP contribution in [0.25, 0.3) is 11.2 Å². The molecule has 4 nitrogen and oxygen atoms in total. The van der Waals surface area contributed by atoms with Crippen LogP contribution in [0.4, 0.5) is 0 Å². The maximum atomic E-state index is 6.06. The Bertz CT molecular complexity index is 771. The molecule has 3 aromatic heterocycles. The summed E-state index contributed by atoms with van der Waals surface area (Å²) in [7, 11) is 1.96. The van der Waals surface area contributed by atoms with E-state index in [-0.39, 0.29) is 0 Å². The second kappa shape index (κ2) is 5.99. The lowest BCUT2D eigenvalue weighted by Crippen LogP contribution is -2.08. The van der Waals surface area contributed by atoms with Crippen molar-refractivity contribution in [3.8, 4) is 0 Å². The van der Waals surface area contributed by atoms with E-state index in [1.807, 2.05) is 17.8 Å². The van der Waals surface area contributed by atoms with Gasteiger partial charge in [-0.25, -0.2) is 4.98 Å². The SMILES string of the molecule is CCc1nn(C)c2c1nc(CCl)n2CCc1ccc(Cl)s1. The number of aromatic nitrogens is 4. The first-order chi connectivity index (χ1) is 10.1. The highest BCUT2D eigenvalue weighted by Crippen LogP contribution is 2.25. The van der Waals surface area contributed by atoms with Gasteiger partial charge in [-0.2, -0.15) is 5.10 Å². The lowest BCUT2D eigenvalue weighted by molar-refractivity contribution is 0.652. The Labute approximate surface area is 137 Å². The topological polar surface area (TPSA) is 35.6 Å². The van der Waals surface area contributed by atoms with E-state index in [1.54, 1.807) is 11.3 Å². The number of rotatable bonds is 5. The van der Waals surface area contributed by atoms with Crippen LogP contribution in [0.15, 0.2) is 12.1 Å². The van der Waals surface area contributed by atoms with Gasteiger partial charge in [0.15, 0.2) is 5.65 Å². The summed E-state index contributed by atoms with van der Waals surface area (Å²) < 4.78 is 4.90. The van der Waals surface area contributed by atoms with Gasteiger partial charge >= 0.3 is 0 Å². The Morgan fingerprint density at radius 2 is 2.14 bits per heavy atom. The van der Waals surface area contributed by atoms with Gasteiger partial charge in [0.2, 0.25) is 0 Å². The van der Waals surface area contributed by atoms with Crippen molar-refractivity contribution >= 4 is 45.7 Å². The van der Waals surface area contributed by atoms with E-state index in [2.05, 4.69) is 27.6 Å². The van der Waals surface area contributed by atoms with E-state index >= 15 is 0 Å². The zero-order valence-electron chi connectivity index (χ0n) is 11.9. The van der Waals surface area contributed by atoms with Crippen molar-refractivity contribution < 1.29 is 0 Å². The van der Waals surface area contributed by atoms with Gasteiger partial charge in [0.05, 0.1) is 15.9 Å². The summed E-state index contributed by atoms with van der Waals surface area (Å²) in [4.78, 5) is 5.93. The number of hydrogen-bond donors (Lipinski definition) is 0. The van der Waals surface area contributed by atoms with Gasteiger partial charge in [0.1, 0.15) is 11.3 Å². The molecular weight excluding hydrogens is 327 g/mol. The van der Waals surface area contributed by atoms with Crippen molar-refractivity contribution in [1.29, 1.82) is 0 Å². The first-order valence-electron chi connectivity index (χ1n) is 6.85. The molecule has 0 aliphatic heterocycles. The number of aryl methyl sites for hydroxylation is 4. The minimum Gasteiger partial charge on any atom is -0.312 e. The largest absolute Gasteiger partial charge is 0.312 e. The van der Waals surface area contributed by atoms with Crippen LogP contribution >= 0.6 is 34.5 Å². The monoisotopic (exact) mass is 342 g/mol. The predicted molar refractivity (Wildman–Crippen MR) is 88.5 cm³/mol. The van der Waals surface area contributed by atoms with Gasteiger partial charge in [-0.05, 0) is 25.0 Å². The maximum absolute atomic E-state index is 6.06. The number of hydrogen-bond acceptors (Lipinski definition) is 3. The molecule has 0 spiro atoms. The molecule has 0 saturated carbocycles. The fraction of sp³-hybridized carbons (Fsp3) is 0.429. The Balaban J connectivity index is 1.97. The number of fused-ring (bicyclic) bond motifs is 1. The molecule has 0 amide bonds. The molecule has 3 aromatic rings. The van der Waals surface area contributed by atoms with E-state index in [0.29, 0.717) is 5.88 Å². The molecule has 0 unspecified atom stereocenters. The minimum atomic E-state index is 0.406. The van der Waals surface area contributed by atoms with Crippen LogP contribution in [0.1, 0.15) is 23.3 Å². The van der Waals surface area contributed by atoms with Crippen molar-refractivity contribution in [2.24, 2.45) is 7.05 Å². The van der Waals surface area contributed by atoms with Gasteiger partial charge in [0.25, 0.3) is 0 Å². The van der Waals surface area contributed by atoms with Crippen LogP contribution < -0.4 is 0 Å². The number of halogens is 2. The van der Waals surface area contributed by atoms with Crippen LogP contribution in [0.2, 0.25) is 4.34 Å². The fourth-order valence-electron chi connectivity index (χ4n) is 2.57. The highest BCUT2D eigenvalue weighted by Gasteiger charge is 2.17. The Kier molecular flexibility index (Phi) is 4.24. The summed E-state index contributed by atoms with van der Waals surface area (Å²) >= 11 is 13.7.